The molecular weight excluding hydrogens is 447 g/mol. The van der Waals surface area contributed by atoms with Crippen LogP contribution in [0.5, 0.6) is 5.75 Å². The lowest BCUT2D eigenvalue weighted by Gasteiger charge is -2.10. The summed E-state index contributed by atoms with van der Waals surface area (Å²) in [6, 6.07) is 10.5. The van der Waals surface area contributed by atoms with Gasteiger partial charge in [-0.3, -0.25) is 14.9 Å². The van der Waals surface area contributed by atoms with Crippen molar-refractivity contribution in [3.63, 3.8) is 0 Å². The number of hydrogen-bond donors (Lipinski definition) is 3. The summed E-state index contributed by atoms with van der Waals surface area (Å²) in [7, 11) is 0. The molecule has 2 aromatic carbocycles. The van der Waals surface area contributed by atoms with E-state index in [0.717, 1.165) is 0 Å². The summed E-state index contributed by atoms with van der Waals surface area (Å²) in [6.45, 7) is -0.296. The zero-order valence-electron chi connectivity index (χ0n) is 14.7. The summed E-state index contributed by atoms with van der Waals surface area (Å²) in [5, 5.41) is 13.4. The van der Waals surface area contributed by atoms with Gasteiger partial charge in [-0.1, -0.05) is 6.07 Å². The molecular formula is C19H14BrFN4O4. The van der Waals surface area contributed by atoms with Crippen molar-refractivity contribution >= 4 is 45.5 Å². The average molecular weight is 461 g/mol. The third-order valence-electron chi connectivity index (χ3n) is 3.36. The Morgan fingerprint density at radius 3 is 2.48 bits per heavy atom. The maximum Gasteiger partial charge on any atom is 0.319 e. The smallest absolute Gasteiger partial charge is 0.319 e. The standard InChI is InChI=1S/C19H14BrFN4O4/c20-15-8-11(7-12(9-22)18(27)25-19(23)28)1-6-16(15)29-10-17(26)24-14-4-2-13(21)3-5-14/h1-8H,10H2,(H,24,26)(H3,23,25,27,28)/b12-7-. The maximum absolute atomic E-state index is 12.9. The SMILES string of the molecule is N#C/C(=C/c1ccc(OCC(=O)Nc2ccc(F)cc2)c(Br)c1)C(=O)NC(N)=O. The van der Waals surface area contributed by atoms with Gasteiger partial charge in [0.1, 0.15) is 23.2 Å². The maximum atomic E-state index is 12.9. The highest BCUT2D eigenvalue weighted by Gasteiger charge is 2.12. The Hall–Kier alpha value is -3.71. The summed E-state index contributed by atoms with van der Waals surface area (Å²) in [5.41, 5.74) is 5.44. The molecule has 0 fully saturated rings. The number of rotatable bonds is 6. The third-order valence-corrected chi connectivity index (χ3v) is 3.98. The first-order valence-electron chi connectivity index (χ1n) is 7.99. The molecule has 0 heterocycles. The second-order valence-corrected chi connectivity index (χ2v) is 6.38. The van der Waals surface area contributed by atoms with E-state index >= 15 is 0 Å². The van der Waals surface area contributed by atoms with Gasteiger partial charge in [-0.15, -0.1) is 0 Å². The molecule has 10 heteroatoms. The van der Waals surface area contributed by atoms with E-state index in [0.29, 0.717) is 21.5 Å². The van der Waals surface area contributed by atoms with Gasteiger partial charge in [0.2, 0.25) is 0 Å². The summed E-state index contributed by atoms with van der Waals surface area (Å²) in [5.74, 6) is -1.43. The molecule has 29 heavy (non-hydrogen) atoms. The Morgan fingerprint density at radius 1 is 1.21 bits per heavy atom. The second-order valence-electron chi connectivity index (χ2n) is 5.52. The predicted molar refractivity (Wildman–Crippen MR) is 106 cm³/mol. The Labute approximate surface area is 173 Å². The number of hydrogen-bond acceptors (Lipinski definition) is 5. The molecule has 0 radical (unpaired) electrons. The third kappa shape index (κ3) is 6.75. The number of carbonyl (C=O) groups is 3. The number of urea groups is 1. The number of nitriles is 1. The van der Waals surface area contributed by atoms with E-state index in [1.807, 2.05) is 0 Å². The molecule has 0 atom stereocenters. The molecule has 0 saturated carbocycles. The zero-order valence-corrected chi connectivity index (χ0v) is 16.3. The minimum absolute atomic E-state index is 0.296. The normalized spacial score (nSPS) is 10.6. The molecule has 0 bridgehead atoms. The minimum Gasteiger partial charge on any atom is -0.483 e. The zero-order chi connectivity index (χ0) is 21.4. The fourth-order valence-corrected chi connectivity index (χ4v) is 2.60. The Kier molecular flexibility index (Phi) is 7.45. The van der Waals surface area contributed by atoms with Gasteiger partial charge in [-0.2, -0.15) is 5.26 Å². The van der Waals surface area contributed by atoms with Gasteiger partial charge in [-0.25, -0.2) is 9.18 Å². The van der Waals surface area contributed by atoms with E-state index in [1.165, 1.54) is 36.4 Å². The lowest BCUT2D eigenvalue weighted by molar-refractivity contribution is -0.118. The number of amides is 4. The van der Waals surface area contributed by atoms with E-state index in [4.69, 9.17) is 15.7 Å². The van der Waals surface area contributed by atoms with Crippen LogP contribution in [0.3, 0.4) is 0 Å². The topological polar surface area (TPSA) is 134 Å². The molecule has 0 saturated heterocycles. The number of nitrogens with zero attached hydrogens (tertiary/aromatic N) is 1. The van der Waals surface area contributed by atoms with Gasteiger partial charge in [0.15, 0.2) is 6.61 Å². The number of halogens is 2. The van der Waals surface area contributed by atoms with Crippen molar-refractivity contribution in [2.75, 3.05) is 11.9 Å². The highest BCUT2D eigenvalue weighted by molar-refractivity contribution is 9.10. The lowest BCUT2D eigenvalue weighted by Crippen LogP contribution is -2.35. The highest BCUT2D eigenvalue weighted by atomic mass is 79.9. The summed E-state index contributed by atoms with van der Waals surface area (Å²) in [4.78, 5) is 34.3. The first kappa shape index (κ1) is 21.6. The van der Waals surface area contributed by atoms with Crippen LogP contribution < -0.4 is 21.1 Å². The predicted octanol–water partition coefficient (Wildman–Crippen LogP) is 2.71. The lowest BCUT2D eigenvalue weighted by atomic mass is 10.1. The van der Waals surface area contributed by atoms with Crippen LogP contribution in [0.15, 0.2) is 52.5 Å². The monoisotopic (exact) mass is 460 g/mol. The summed E-state index contributed by atoms with van der Waals surface area (Å²) >= 11 is 3.28. The Bertz CT molecular complexity index is 1020. The quantitative estimate of drug-likeness (QED) is 0.449. The van der Waals surface area contributed by atoms with Gasteiger partial charge in [-0.05, 0) is 64.0 Å². The van der Waals surface area contributed by atoms with Crippen molar-refractivity contribution in [3.8, 4) is 11.8 Å². The van der Waals surface area contributed by atoms with Crippen LogP contribution in [0.25, 0.3) is 6.08 Å². The first-order chi connectivity index (χ1) is 13.8. The molecule has 0 aliphatic rings. The van der Waals surface area contributed by atoms with Crippen LogP contribution in [0, 0.1) is 17.1 Å². The number of ether oxygens (including phenoxy) is 1. The fourth-order valence-electron chi connectivity index (χ4n) is 2.09. The van der Waals surface area contributed by atoms with Crippen molar-refractivity contribution in [2.24, 2.45) is 5.73 Å². The van der Waals surface area contributed by atoms with Crippen molar-refractivity contribution in [2.45, 2.75) is 0 Å². The molecule has 0 aromatic heterocycles. The summed E-state index contributed by atoms with van der Waals surface area (Å²) in [6.07, 6.45) is 1.26. The van der Waals surface area contributed by atoms with E-state index < -0.39 is 23.7 Å². The number of anilines is 1. The van der Waals surface area contributed by atoms with Crippen LogP contribution in [0.2, 0.25) is 0 Å². The highest BCUT2D eigenvalue weighted by Crippen LogP contribution is 2.27. The van der Waals surface area contributed by atoms with Crippen LogP contribution in [-0.4, -0.2) is 24.5 Å². The van der Waals surface area contributed by atoms with E-state index in [9.17, 15) is 18.8 Å². The second kappa shape index (κ2) is 10.0. The largest absolute Gasteiger partial charge is 0.483 e. The van der Waals surface area contributed by atoms with Gasteiger partial charge in [0.05, 0.1) is 4.47 Å². The van der Waals surface area contributed by atoms with Crippen LogP contribution >= 0.6 is 15.9 Å². The molecule has 0 aliphatic carbocycles. The van der Waals surface area contributed by atoms with Crippen molar-refractivity contribution < 1.29 is 23.5 Å². The van der Waals surface area contributed by atoms with E-state index in [1.54, 1.807) is 23.5 Å². The van der Waals surface area contributed by atoms with Crippen LogP contribution in [0.4, 0.5) is 14.9 Å². The number of benzene rings is 2. The molecule has 0 aliphatic heterocycles. The number of imide groups is 1. The van der Waals surface area contributed by atoms with Gasteiger partial charge in [0.25, 0.3) is 11.8 Å². The molecule has 0 unspecified atom stereocenters. The van der Waals surface area contributed by atoms with Crippen LogP contribution in [-0.2, 0) is 9.59 Å². The summed E-state index contributed by atoms with van der Waals surface area (Å²) < 4.78 is 18.8. The first-order valence-corrected chi connectivity index (χ1v) is 8.78. The molecule has 0 spiro atoms. The minimum atomic E-state index is -1.07. The molecule has 4 amide bonds. The van der Waals surface area contributed by atoms with Gasteiger partial charge in [0, 0.05) is 5.69 Å². The molecule has 4 N–H and O–H groups in total. The van der Waals surface area contributed by atoms with Crippen molar-refractivity contribution in [3.05, 3.63) is 63.9 Å². The Morgan fingerprint density at radius 2 is 1.90 bits per heavy atom. The van der Waals surface area contributed by atoms with Gasteiger partial charge >= 0.3 is 6.03 Å². The van der Waals surface area contributed by atoms with E-state index in [-0.39, 0.29) is 12.2 Å². The number of carbonyl (C=O) groups excluding carboxylic acids is 3. The molecule has 2 aromatic rings. The number of primary amides is 1. The van der Waals surface area contributed by atoms with Crippen LogP contribution in [0.1, 0.15) is 5.56 Å². The molecule has 148 valence electrons. The van der Waals surface area contributed by atoms with Crippen molar-refractivity contribution in [1.82, 2.24) is 5.32 Å². The van der Waals surface area contributed by atoms with Gasteiger partial charge < -0.3 is 15.8 Å². The molecule has 2 rings (SSSR count). The van der Waals surface area contributed by atoms with E-state index in [2.05, 4.69) is 21.2 Å². The molecule has 8 nitrogen and oxygen atoms in total. The fraction of sp³-hybridized carbons (Fsp3) is 0.0526. The number of nitrogens with one attached hydrogen (secondary N) is 2. The van der Waals surface area contributed by atoms with Crippen molar-refractivity contribution in [1.29, 1.82) is 5.26 Å². The number of nitrogens with two attached hydrogens (primary N) is 1. The Balaban J connectivity index is 2.01. The average Bonchev–Trinajstić information content (AvgIpc) is 2.66.